The van der Waals surface area contributed by atoms with Gasteiger partial charge in [-0.15, -0.1) is 0 Å². The molecule has 0 bridgehead atoms. The van der Waals surface area contributed by atoms with Crippen LogP contribution in [-0.4, -0.2) is 134 Å². The van der Waals surface area contributed by atoms with Crippen LogP contribution in [0.25, 0.3) is 0 Å². The fourth-order valence-electron chi connectivity index (χ4n) is 3.77. The summed E-state index contributed by atoms with van der Waals surface area (Å²) in [6.07, 6.45) is 0.179. The molecule has 0 radical (unpaired) electrons. The van der Waals surface area contributed by atoms with Gasteiger partial charge in [0.2, 0.25) is 0 Å². The molecular weight excluding hydrogens is 732 g/mol. The standard InChI is InChI=1S/2C18H29NO5.C4H4O4/c2*1-13(2)19-11-16(20)12-24-17-7-5-15(6-8-17)18(21)23-10-9-22-14(3)4;5-3(6)1-2-4(7)8/h2*5-8,13-14,16,19-20H,9-12H2,1-4H3;1-2H,(H,5,6)(H,7,8)/b;;2-1+. The van der Waals surface area contributed by atoms with Crippen LogP contribution >= 0.6 is 0 Å². The lowest BCUT2D eigenvalue weighted by Crippen LogP contribution is -2.35. The molecule has 0 spiro atoms. The van der Waals surface area contributed by atoms with Gasteiger partial charge in [-0.05, 0) is 76.2 Å². The summed E-state index contributed by atoms with van der Waals surface area (Å²) in [5.41, 5.74) is 0.905. The third kappa shape index (κ3) is 29.7. The van der Waals surface area contributed by atoms with Crippen molar-refractivity contribution in [3.8, 4) is 11.5 Å². The smallest absolute Gasteiger partial charge is 0.338 e. The van der Waals surface area contributed by atoms with E-state index in [1.54, 1.807) is 48.5 Å². The molecule has 0 amide bonds. The van der Waals surface area contributed by atoms with Crippen LogP contribution in [0.1, 0.15) is 76.1 Å². The van der Waals surface area contributed by atoms with Crippen LogP contribution in [0.5, 0.6) is 11.5 Å². The molecule has 0 aromatic heterocycles. The van der Waals surface area contributed by atoms with Crippen molar-refractivity contribution in [1.82, 2.24) is 10.6 Å². The first-order valence-electron chi connectivity index (χ1n) is 18.4. The number of nitrogens with one attached hydrogen (secondary N) is 2. The van der Waals surface area contributed by atoms with Crippen molar-refractivity contribution in [2.75, 3.05) is 52.7 Å². The summed E-state index contributed by atoms with van der Waals surface area (Å²) in [6, 6.07) is 13.9. The van der Waals surface area contributed by atoms with E-state index < -0.39 is 36.1 Å². The molecule has 0 saturated heterocycles. The molecule has 0 aliphatic heterocycles. The minimum atomic E-state index is -1.26. The van der Waals surface area contributed by atoms with Gasteiger partial charge < -0.3 is 59.5 Å². The normalized spacial score (nSPS) is 12.0. The molecule has 2 unspecified atom stereocenters. The quantitative estimate of drug-likeness (QED) is 0.0505. The molecule has 2 aromatic rings. The molecule has 0 heterocycles. The first-order chi connectivity index (χ1) is 26.4. The van der Waals surface area contributed by atoms with E-state index in [0.717, 1.165) is 0 Å². The molecule has 6 N–H and O–H groups in total. The van der Waals surface area contributed by atoms with Gasteiger partial charge in [0.15, 0.2) is 0 Å². The Labute approximate surface area is 330 Å². The average Bonchev–Trinajstić information content (AvgIpc) is 3.14. The number of esters is 2. The largest absolute Gasteiger partial charge is 0.491 e. The lowest BCUT2D eigenvalue weighted by molar-refractivity contribution is -0.134. The SMILES string of the molecule is CC(C)NCC(O)COc1ccc(C(=O)OCCOC(C)C)cc1.CC(C)NCC(O)COc1ccc(C(=O)OCCOC(C)C)cc1.O=C(O)/C=C/C(=O)O. The van der Waals surface area contributed by atoms with Crippen LogP contribution in [-0.2, 0) is 28.5 Å². The Morgan fingerprint density at radius 3 is 1.14 bits per heavy atom. The Bertz CT molecular complexity index is 1290. The minimum absolute atomic E-state index is 0.117. The molecule has 0 fully saturated rings. The Hall–Kier alpha value is -4.58. The van der Waals surface area contributed by atoms with Crippen molar-refractivity contribution in [3.05, 3.63) is 71.8 Å². The fraction of sp³-hybridized carbons (Fsp3) is 0.550. The van der Waals surface area contributed by atoms with E-state index in [4.69, 9.17) is 38.6 Å². The zero-order valence-corrected chi connectivity index (χ0v) is 33.8. The molecule has 2 aromatic carbocycles. The Kier molecular flexibility index (Phi) is 28.1. The van der Waals surface area contributed by atoms with Gasteiger partial charge in [-0.25, -0.2) is 19.2 Å². The first-order valence-corrected chi connectivity index (χ1v) is 18.4. The molecule has 56 heavy (non-hydrogen) atoms. The van der Waals surface area contributed by atoms with Gasteiger partial charge in [-0.2, -0.15) is 0 Å². The van der Waals surface area contributed by atoms with E-state index >= 15 is 0 Å². The van der Waals surface area contributed by atoms with Gasteiger partial charge in [0, 0.05) is 37.3 Å². The van der Waals surface area contributed by atoms with Crippen LogP contribution in [0, 0.1) is 0 Å². The summed E-state index contributed by atoms with van der Waals surface area (Å²) in [5, 5.41) is 41.5. The summed E-state index contributed by atoms with van der Waals surface area (Å²) in [7, 11) is 0. The molecule has 2 atom stereocenters. The molecule has 0 aliphatic carbocycles. The molecule has 0 aliphatic rings. The second-order valence-corrected chi connectivity index (χ2v) is 13.2. The highest BCUT2D eigenvalue weighted by molar-refractivity contribution is 5.90. The predicted molar refractivity (Wildman–Crippen MR) is 209 cm³/mol. The van der Waals surface area contributed by atoms with E-state index in [2.05, 4.69) is 10.6 Å². The van der Waals surface area contributed by atoms with Crippen LogP contribution in [0.15, 0.2) is 60.7 Å². The topological polar surface area (TPSA) is 229 Å². The van der Waals surface area contributed by atoms with Gasteiger partial charge in [-0.3, -0.25) is 0 Å². The van der Waals surface area contributed by atoms with E-state index in [1.165, 1.54) is 0 Å². The van der Waals surface area contributed by atoms with Crippen molar-refractivity contribution in [1.29, 1.82) is 0 Å². The highest BCUT2D eigenvalue weighted by atomic mass is 16.6. The third-order valence-electron chi connectivity index (χ3n) is 6.49. The number of carbonyl (C=O) groups excluding carboxylic acids is 2. The molecule has 16 nitrogen and oxygen atoms in total. The monoisotopic (exact) mass is 794 g/mol. The van der Waals surface area contributed by atoms with Crippen LogP contribution < -0.4 is 20.1 Å². The summed E-state index contributed by atoms with van der Waals surface area (Å²) < 4.78 is 31.9. The number of benzene rings is 2. The lowest BCUT2D eigenvalue weighted by Gasteiger charge is -2.15. The fourth-order valence-corrected chi connectivity index (χ4v) is 3.77. The number of aliphatic hydroxyl groups is 2. The van der Waals surface area contributed by atoms with E-state index in [-0.39, 0.29) is 38.6 Å². The number of hydrogen-bond donors (Lipinski definition) is 6. The maximum atomic E-state index is 11.8. The summed E-state index contributed by atoms with van der Waals surface area (Å²) in [5.74, 6) is -2.11. The maximum Gasteiger partial charge on any atom is 0.338 e. The zero-order valence-electron chi connectivity index (χ0n) is 33.8. The lowest BCUT2D eigenvalue weighted by atomic mass is 10.2. The number of carboxylic acid groups (broad SMARTS) is 2. The number of aliphatic hydroxyl groups excluding tert-OH is 2. The van der Waals surface area contributed by atoms with Crippen LogP contribution in [0.4, 0.5) is 0 Å². The second-order valence-electron chi connectivity index (χ2n) is 13.2. The molecule has 0 saturated carbocycles. The highest BCUT2D eigenvalue weighted by Crippen LogP contribution is 2.14. The summed E-state index contributed by atoms with van der Waals surface area (Å²) >= 11 is 0. The van der Waals surface area contributed by atoms with E-state index in [0.29, 0.717) is 73.2 Å². The predicted octanol–water partition coefficient (Wildman–Crippen LogP) is 3.72. The third-order valence-corrected chi connectivity index (χ3v) is 6.49. The molecule has 2 rings (SSSR count). The van der Waals surface area contributed by atoms with Crippen molar-refractivity contribution < 1.29 is 68.0 Å². The zero-order chi connectivity index (χ0) is 42.5. The van der Waals surface area contributed by atoms with Gasteiger partial charge in [0.25, 0.3) is 0 Å². The van der Waals surface area contributed by atoms with E-state index in [9.17, 15) is 29.4 Å². The summed E-state index contributed by atoms with van der Waals surface area (Å²) in [6.45, 7) is 18.3. The van der Waals surface area contributed by atoms with Crippen LogP contribution in [0.2, 0.25) is 0 Å². The summed E-state index contributed by atoms with van der Waals surface area (Å²) in [4.78, 5) is 42.8. The first kappa shape index (κ1) is 51.4. The van der Waals surface area contributed by atoms with Crippen molar-refractivity contribution in [2.45, 2.75) is 91.9 Å². The van der Waals surface area contributed by atoms with Gasteiger partial charge in [0.1, 0.15) is 50.1 Å². The Balaban J connectivity index is 0.000000905. The molecular formula is C40H62N2O14. The van der Waals surface area contributed by atoms with Gasteiger partial charge in [-0.1, -0.05) is 27.7 Å². The number of aliphatic carboxylic acids is 2. The molecule has 16 heteroatoms. The average molecular weight is 795 g/mol. The maximum absolute atomic E-state index is 11.8. The minimum Gasteiger partial charge on any atom is -0.491 e. The number of rotatable bonds is 24. The van der Waals surface area contributed by atoms with E-state index in [1.807, 2.05) is 55.4 Å². The molecule has 316 valence electrons. The van der Waals surface area contributed by atoms with Crippen molar-refractivity contribution in [2.24, 2.45) is 0 Å². The van der Waals surface area contributed by atoms with Gasteiger partial charge >= 0.3 is 23.9 Å². The number of carbonyl (C=O) groups is 4. The van der Waals surface area contributed by atoms with Crippen LogP contribution in [0.3, 0.4) is 0 Å². The number of carboxylic acids is 2. The Morgan fingerprint density at radius 1 is 0.554 bits per heavy atom. The Morgan fingerprint density at radius 2 is 0.875 bits per heavy atom. The second kappa shape index (κ2) is 30.6. The highest BCUT2D eigenvalue weighted by Gasteiger charge is 2.11. The van der Waals surface area contributed by atoms with Crippen molar-refractivity contribution in [3.63, 3.8) is 0 Å². The van der Waals surface area contributed by atoms with Gasteiger partial charge in [0.05, 0.1) is 36.5 Å². The number of ether oxygens (including phenoxy) is 6. The van der Waals surface area contributed by atoms with Crippen molar-refractivity contribution >= 4 is 23.9 Å². The number of hydrogen-bond acceptors (Lipinski definition) is 14.